The van der Waals surface area contributed by atoms with E-state index in [0.29, 0.717) is 0 Å². The minimum Gasteiger partial charge on any atom is -0.0651 e. The molecule has 1 aliphatic carbocycles. The Balaban J connectivity index is 1.62. The summed E-state index contributed by atoms with van der Waals surface area (Å²) in [6.45, 7) is 9.63. The molecule has 4 rings (SSSR count). The van der Waals surface area contributed by atoms with Crippen molar-refractivity contribution in [1.82, 2.24) is 0 Å². The maximum Gasteiger partial charge on any atom is -0.0102 e. The molecule has 0 aliphatic heterocycles. The fraction of sp³-hybridized carbons (Fsp3) is 0.481. The predicted octanol–water partition coefficient (Wildman–Crippen LogP) is 8.12. The lowest BCUT2D eigenvalue weighted by atomic mass is 9.80. The molecule has 142 valence electrons. The average Bonchev–Trinajstić information content (AvgIpc) is 3.12. The molecular weight excluding hydrogens is 324 g/mol. The summed E-state index contributed by atoms with van der Waals surface area (Å²) in [5, 5.41) is 5.68. The first-order valence-electron chi connectivity index (χ1n) is 11.0. The largest absolute Gasteiger partial charge is 0.0651 e. The van der Waals surface area contributed by atoms with Crippen LogP contribution in [0.25, 0.3) is 21.5 Å². The minimum atomic E-state index is 0.750. The maximum atomic E-state index is 2.50. The summed E-state index contributed by atoms with van der Waals surface area (Å²) in [4.78, 5) is 0. The molecule has 3 aromatic carbocycles. The van der Waals surface area contributed by atoms with E-state index in [9.17, 15) is 0 Å². The predicted molar refractivity (Wildman–Crippen MR) is 120 cm³/mol. The monoisotopic (exact) mass is 358 g/mol. The van der Waals surface area contributed by atoms with Crippen molar-refractivity contribution >= 4 is 21.5 Å². The van der Waals surface area contributed by atoms with E-state index >= 15 is 0 Å². The molecule has 0 saturated carbocycles. The van der Waals surface area contributed by atoms with Crippen LogP contribution < -0.4 is 0 Å². The van der Waals surface area contributed by atoms with Crippen LogP contribution >= 0.6 is 0 Å². The van der Waals surface area contributed by atoms with Crippen LogP contribution in [0.5, 0.6) is 0 Å². The molecule has 3 aromatic rings. The molecule has 0 heterocycles. The summed E-state index contributed by atoms with van der Waals surface area (Å²) in [5.41, 5.74) is 3.27. The van der Waals surface area contributed by atoms with Crippen LogP contribution in [0.15, 0.2) is 48.5 Å². The first-order chi connectivity index (χ1) is 13.1. The van der Waals surface area contributed by atoms with Gasteiger partial charge in [-0.3, -0.25) is 0 Å². The number of aryl methyl sites for hydroxylation is 1. The third-order valence-electron chi connectivity index (χ3n) is 7.33. The minimum absolute atomic E-state index is 0.750. The van der Waals surface area contributed by atoms with E-state index in [1.54, 1.807) is 11.1 Å². The standard InChI is InChI=1S/C27H34/c1-5-20(18(2)3)11-10-19(4)22-14-15-27-24(22)16-17-25-23-9-7-6-8-21(23)12-13-26(25)27/h6-9,12-13,16-20,22H,5,10-11,14-15H2,1-4H3/t19-,20-,22-/m1/s1. The fourth-order valence-corrected chi connectivity index (χ4v) is 5.53. The van der Waals surface area contributed by atoms with Crippen LogP contribution in [0.4, 0.5) is 0 Å². The van der Waals surface area contributed by atoms with Crippen molar-refractivity contribution in [3.8, 4) is 0 Å². The number of rotatable bonds is 6. The molecule has 1 aliphatic rings. The van der Waals surface area contributed by atoms with Crippen LogP contribution in [-0.2, 0) is 6.42 Å². The van der Waals surface area contributed by atoms with Gasteiger partial charge in [-0.15, -0.1) is 0 Å². The molecule has 27 heavy (non-hydrogen) atoms. The van der Waals surface area contributed by atoms with Gasteiger partial charge in [0.25, 0.3) is 0 Å². The molecule has 3 atom stereocenters. The van der Waals surface area contributed by atoms with Gasteiger partial charge in [0.1, 0.15) is 0 Å². The van der Waals surface area contributed by atoms with Gasteiger partial charge >= 0.3 is 0 Å². The van der Waals surface area contributed by atoms with E-state index in [0.717, 1.165) is 23.7 Å². The second-order valence-electron chi connectivity index (χ2n) is 9.13. The van der Waals surface area contributed by atoms with Crippen LogP contribution in [-0.4, -0.2) is 0 Å². The van der Waals surface area contributed by atoms with E-state index < -0.39 is 0 Å². The normalized spacial score (nSPS) is 18.9. The zero-order chi connectivity index (χ0) is 19.0. The molecule has 0 spiro atoms. The molecule has 0 amide bonds. The topological polar surface area (TPSA) is 0 Å². The zero-order valence-corrected chi connectivity index (χ0v) is 17.5. The zero-order valence-electron chi connectivity index (χ0n) is 17.5. The number of hydrogen-bond acceptors (Lipinski definition) is 0. The van der Waals surface area contributed by atoms with Gasteiger partial charge in [0, 0.05) is 0 Å². The van der Waals surface area contributed by atoms with Crippen LogP contribution in [0.1, 0.15) is 70.4 Å². The molecule has 0 bridgehead atoms. The Hall–Kier alpha value is -1.82. The Bertz CT molecular complexity index is 933. The van der Waals surface area contributed by atoms with Gasteiger partial charge < -0.3 is 0 Å². The maximum absolute atomic E-state index is 2.50. The van der Waals surface area contributed by atoms with Gasteiger partial charge in [0.05, 0.1) is 0 Å². The van der Waals surface area contributed by atoms with Gasteiger partial charge in [-0.1, -0.05) is 82.6 Å². The quantitative estimate of drug-likeness (QED) is 0.390. The van der Waals surface area contributed by atoms with E-state index in [-0.39, 0.29) is 0 Å². The van der Waals surface area contributed by atoms with Crippen molar-refractivity contribution in [1.29, 1.82) is 0 Å². The summed E-state index contributed by atoms with van der Waals surface area (Å²) in [6.07, 6.45) is 6.67. The van der Waals surface area contributed by atoms with Crippen LogP contribution in [0.2, 0.25) is 0 Å². The molecule has 0 aromatic heterocycles. The number of hydrogen-bond donors (Lipinski definition) is 0. The molecule has 0 saturated heterocycles. The Kier molecular flexibility index (Phi) is 5.26. The molecule has 0 heteroatoms. The Labute approximate surface area is 165 Å². The van der Waals surface area contributed by atoms with Gasteiger partial charge in [0.2, 0.25) is 0 Å². The van der Waals surface area contributed by atoms with Crippen molar-refractivity contribution in [3.05, 3.63) is 59.7 Å². The third-order valence-corrected chi connectivity index (χ3v) is 7.33. The first kappa shape index (κ1) is 18.5. The van der Waals surface area contributed by atoms with E-state index in [2.05, 4.69) is 76.2 Å². The molecule has 0 radical (unpaired) electrons. The first-order valence-corrected chi connectivity index (χ1v) is 11.0. The Morgan fingerprint density at radius 3 is 2.41 bits per heavy atom. The summed E-state index contributed by atoms with van der Waals surface area (Å²) < 4.78 is 0. The SMILES string of the molecule is CC[C@H](CC[C@@H](C)[C@H]1CCc2c1ccc1c2ccc2ccccc21)C(C)C. The Morgan fingerprint density at radius 1 is 0.852 bits per heavy atom. The number of fused-ring (bicyclic) bond motifs is 5. The van der Waals surface area contributed by atoms with Gasteiger partial charge in [-0.25, -0.2) is 0 Å². The lowest BCUT2D eigenvalue weighted by Crippen LogP contribution is -2.12. The highest BCUT2D eigenvalue weighted by atomic mass is 14.3. The molecule has 0 fully saturated rings. The highest BCUT2D eigenvalue weighted by Crippen LogP contribution is 2.44. The number of benzene rings is 3. The second kappa shape index (κ2) is 7.66. The van der Waals surface area contributed by atoms with E-state index in [4.69, 9.17) is 0 Å². The average molecular weight is 359 g/mol. The van der Waals surface area contributed by atoms with Gasteiger partial charge in [-0.05, 0) is 82.0 Å². The van der Waals surface area contributed by atoms with Crippen LogP contribution in [0, 0.1) is 17.8 Å². The second-order valence-corrected chi connectivity index (χ2v) is 9.13. The summed E-state index contributed by atoms with van der Waals surface area (Å²) in [5.74, 6) is 3.24. The molecule has 0 unspecified atom stereocenters. The van der Waals surface area contributed by atoms with Crippen LogP contribution in [0.3, 0.4) is 0 Å². The van der Waals surface area contributed by atoms with Gasteiger partial charge in [0.15, 0.2) is 0 Å². The summed E-state index contributed by atoms with van der Waals surface area (Å²) in [6, 6.07) is 18.3. The smallest absolute Gasteiger partial charge is 0.0102 e. The summed E-state index contributed by atoms with van der Waals surface area (Å²) >= 11 is 0. The highest BCUT2D eigenvalue weighted by molar-refractivity contribution is 6.08. The van der Waals surface area contributed by atoms with E-state index in [1.807, 2.05) is 0 Å². The summed E-state index contributed by atoms with van der Waals surface area (Å²) in [7, 11) is 0. The lowest BCUT2D eigenvalue weighted by Gasteiger charge is -2.25. The van der Waals surface area contributed by atoms with Crippen molar-refractivity contribution in [2.45, 2.75) is 65.7 Å². The van der Waals surface area contributed by atoms with Crippen molar-refractivity contribution in [2.24, 2.45) is 17.8 Å². The van der Waals surface area contributed by atoms with Crippen molar-refractivity contribution < 1.29 is 0 Å². The third kappa shape index (κ3) is 3.40. The van der Waals surface area contributed by atoms with E-state index in [1.165, 1.54) is 53.6 Å². The van der Waals surface area contributed by atoms with Crippen molar-refractivity contribution in [3.63, 3.8) is 0 Å². The highest BCUT2D eigenvalue weighted by Gasteiger charge is 2.29. The molecule has 0 N–H and O–H groups in total. The lowest BCUT2D eigenvalue weighted by molar-refractivity contribution is 0.300. The van der Waals surface area contributed by atoms with Crippen molar-refractivity contribution in [2.75, 3.05) is 0 Å². The Morgan fingerprint density at radius 2 is 1.63 bits per heavy atom. The fourth-order valence-electron chi connectivity index (χ4n) is 5.53. The van der Waals surface area contributed by atoms with Gasteiger partial charge in [-0.2, -0.15) is 0 Å². The molecule has 0 nitrogen and oxygen atoms in total. The molecular formula is C27H34.